The van der Waals surface area contributed by atoms with E-state index in [0.717, 1.165) is 18.4 Å². The van der Waals surface area contributed by atoms with Crippen molar-refractivity contribution in [2.45, 2.75) is 58.2 Å². The largest absolute Gasteiger partial charge is 0.470 e. The van der Waals surface area contributed by atoms with Gasteiger partial charge in [-0.05, 0) is 43.5 Å². The highest BCUT2D eigenvalue weighted by molar-refractivity contribution is 6.32. The van der Waals surface area contributed by atoms with E-state index in [4.69, 9.17) is 16.3 Å². The first kappa shape index (κ1) is 17.8. The molecule has 0 unspecified atom stereocenters. The number of hydrogen-bond acceptors (Lipinski definition) is 3. The van der Waals surface area contributed by atoms with E-state index in [2.05, 4.69) is 10.4 Å². The number of rotatable bonds is 5. The van der Waals surface area contributed by atoms with Crippen molar-refractivity contribution in [1.82, 2.24) is 15.1 Å². The fourth-order valence-electron chi connectivity index (χ4n) is 3.09. The molecule has 1 heterocycles. The summed E-state index contributed by atoms with van der Waals surface area (Å²) in [6.07, 6.45) is 8.75. The second-order valence-electron chi connectivity index (χ2n) is 6.61. The van der Waals surface area contributed by atoms with Crippen molar-refractivity contribution >= 4 is 17.5 Å². The molecule has 0 spiro atoms. The van der Waals surface area contributed by atoms with Crippen LogP contribution in [0.5, 0.6) is 5.75 Å². The van der Waals surface area contributed by atoms with Crippen molar-refractivity contribution in [1.29, 1.82) is 0 Å². The minimum absolute atomic E-state index is 0.112. The number of aromatic nitrogens is 2. The zero-order valence-corrected chi connectivity index (χ0v) is 15.3. The van der Waals surface area contributed by atoms with Crippen LogP contribution in [0.1, 0.15) is 54.6 Å². The van der Waals surface area contributed by atoms with Crippen LogP contribution in [-0.2, 0) is 6.73 Å². The van der Waals surface area contributed by atoms with Gasteiger partial charge in [-0.2, -0.15) is 5.10 Å². The molecule has 134 valence electrons. The Bertz CT molecular complexity index is 721. The Hall–Kier alpha value is -2.01. The number of ether oxygens (including phenoxy) is 1. The lowest BCUT2D eigenvalue weighted by atomic mass is 10.1. The lowest BCUT2D eigenvalue weighted by Crippen LogP contribution is -2.34. The molecule has 25 heavy (non-hydrogen) atoms. The lowest BCUT2D eigenvalue weighted by Gasteiger charge is -2.15. The van der Waals surface area contributed by atoms with E-state index in [1.165, 1.54) is 25.7 Å². The van der Waals surface area contributed by atoms with Gasteiger partial charge < -0.3 is 10.1 Å². The molecule has 6 heteroatoms. The quantitative estimate of drug-likeness (QED) is 0.806. The number of carbonyl (C=O) groups excluding carboxylic acids is 1. The Morgan fingerprint density at radius 2 is 2.04 bits per heavy atom. The van der Waals surface area contributed by atoms with Gasteiger partial charge in [0.2, 0.25) is 0 Å². The zero-order chi connectivity index (χ0) is 17.6. The van der Waals surface area contributed by atoms with Gasteiger partial charge in [-0.3, -0.25) is 4.79 Å². The molecular weight excluding hydrogens is 338 g/mol. The first-order valence-corrected chi connectivity index (χ1v) is 9.23. The van der Waals surface area contributed by atoms with Crippen LogP contribution < -0.4 is 10.1 Å². The molecule has 0 saturated heterocycles. The van der Waals surface area contributed by atoms with Crippen molar-refractivity contribution in [3.05, 3.63) is 46.7 Å². The number of nitrogens with zero attached hydrogens (tertiary/aromatic N) is 2. The van der Waals surface area contributed by atoms with Crippen molar-refractivity contribution in [3.8, 4) is 5.75 Å². The Kier molecular flexibility index (Phi) is 5.97. The summed E-state index contributed by atoms with van der Waals surface area (Å²) in [7, 11) is 0. The number of halogens is 1. The molecule has 1 amide bonds. The second kappa shape index (κ2) is 8.39. The number of benzene rings is 1. The van der Waals surface area contributed by atoms with Crippen LogP contribution >= 0.6 is 11.6 Å². The molecule has 1 saturated carbocycles. The van der Waals surface area contributed by atoms with Gasteiger partial charge in [0.1, 0.15) is 11.4 Å². The van der Waals surface area contributed by atoms with Gasteiger partial charge >= 0.3 is 0 Å². The molecule has 1 aliphatic rings. The van der Waals surface area contributed by atoms with E-state index < -0.39 is 0 Å². The van der Waals surface area contributed by atoms with Gasteiger partial charge in [0.25, 0.3) is 5.91 Å². The number of aryl methyl sites for hydroxylation is 1. The van der Waals surface area contributed by atoms with Crippen LogP contribution in [0, 0.1) is 6.92 Å². The first-order valence-electron chi connectivity index (χ1n) is 8.85. The second-order valence-corrected chi connectivity index (χ2v) is 7.02. The fraction of sp³-hybridized carbons (Fsp3) is 0.474. The highest BCUT2D eigenvalue weighted by atomic mass is 35.5. The van der Waals surface area contributed by atoms with Crippen molar-refractivity contribution in [3.63, 3.8) is 0 Å². The Morgan fingerprint density at radius 1 is 1.28 bits per heavy atom. The molecule has 0 aliphatic heterocycles. The Morgan fingerprint density at radius 3 is 2.80 bits per heavy atom. The number of hydrogen-bond donors (Lipinski definition) is 1. The van der Waals surface area contributed by atoms with Crippen LogP contribution in [0.15, 0.2) is 30.5 Å². The highest BCUT2D eigenvalue weighted by Crippen LogP contribution is 2.25. The summed E-state index contributed by atoms with van der Waals surface area (Å²) in [5.74, 6) is 0.501. The lowest BCUT2D eigenvalue weighted by molar-refractivity contribution is 0.0926. The van der Waals surface area contributed by atoms with Crippen LogP contribution in [0.4, 0.5) is 0 Å². The monoisotopic (exact) mass is 361 g/mol. The number of amides is 1. The van der Waals surface area contributed by atoms with E-state index in [1.54, 1.807) is 23.0 Å². The normalized spacial score (nSPS) is 15.6. The number of carbonyl (C=O) groups is 1. The average Bonchev–Trinajstić information content (AvgIpc) is 2.93. The topological polar surface area (TPSA) is 56.1 Å². The SMILES string of the molecule is Cc1ccc(Cl)c(OCn2ccc(C(=O)NC3CCCCCC3)n2)c1. The molecule has 0 bridgehead atoms. The molecule has 1 aromatic heterocycles. The predicted octanol–water partition coefficient (Wildman–Crippen LogP) is 4.33. The summed E-state index contributed by atoms with van der Waals surface area (Å²) < 4.78 is 7.30. The molecular formula is C19H24ClN3O2. The third kappa shape index (κ3) is 4.98. The summed E-state index contributed by atoms with van der Waals surface area (Å²) in [4.78, 5) is 12.4. The minimum atomic E-state index is -0.112. The Balaban J connectivity index is 1.56. The predicted molar refractivity (Wildman–Crippen MR) is 98.0 cm³/mol. The van der Waals surface area contributed by atoms with Crippen molar-refractivity contribution < 1.29 is 9.53 Å². The summed E-state index contributed by atoms with van der Waals surface area (Å²) >= 11 is 6.12. The van der Waals surface area contributed by atoms with Gasteiger partial charge in [-0.15, -0.1) is 0 Å². The zero-order valence-electron chi connectivity index (χ0n) is 14.5. The fourth-order valence-corrected chi connectivity index (χ4v) is 3.27. The number of nitrogens with one attached hydrogen (secondary N) is 1. The molecule has 5 nitrogen and oxygen atoms in total. The van der Waals surface area contributed by atoms with E-state index in [9.17, 15) is 4.79 Å². The summed E-state index contributed by atoms with van der Waals surface area (Å²) in [5, 5.41) is 7.96. The molecule has 2 aromatic rings. The summed E-state index contributed by atoms with van der Waals surface area (Å²) in [6.45, 7) is 2.19. The van der Waals surface area contributed by atoms with E-state index in [1.807, 2.05) is 19.1 Å². The summed E-state index contributed by atoms with van der Waals surface area (Å²) in [5.41, 5.74) is 1.49. The average molecular weight is 362 g/mol. The smallest absolute Gasteiger partial charge is 0.271 e. The molecule has 3 rings (SSSR count). The van der Waals surface area contributed by atoms with Crippen molar-refractivity contribution in [2.75, 3.05) is 0 Å². The van der Waals surface area contributed by atoms with Gasteiger partial charge in [0.05, 0.1) is 5.02 Å². The van der Waals surface area contributed by atoms with E-state index in [-0.39, 0.29) is 18.7 Å². The molecule has 0 radical (unpaired) electrons. The third-order valence-corrected chi connectivity index (χ3v) is 4.81. The van der Waals surface area contributed by atoms with Crippen LogP contribution in [0.2, 0.25) is 5.02 Å². The summed E-state index contributed by atoms with van der Waals surface area (Å²) in [6, 6.07) is 7.60. The van der Waals surface area contributed by atoms with Gasteiger partial charge in [-0.1, -0.05) is 43.4 Å². The minimum Gasteiger partial charge on any atom is -0.470 e. The molecule has 0 atom stereocenters. The van der Waals surface area contributed by atoms with Gasteiger partial charge in [0.15, 0.2) is 6.73 Å². The van der Waals surface area contributed by atoms with Crippen LogP contribution in [0.3, 0.4) is 0 Å². The van der Waals surface area contributed by atoms with Gasteiger partial charge in [0, 0.05) is 12.2 Å². The Labute approximate surface area is 153 Å². The van der Waals surface area contributed by atoms with Crippen LogP contribution in [-0.4, -0.2) is 21.7 Å². The van der Waals surface area contributed by atoms with Gasteiger partial charge in [-0.25, -0.2) is 4.68 Å². The molecule has 1 aromatic carbocycles. The maximum atomic E-state index is 12.4. The van der Waals surface area contributed by atoms with Crippen molar-refractivity contribution in [2.24, 2.45) is 0 Å². The molecule has 1 N–H and O–H groups in total. The van der Waals surface area contributed by atoms with E-state index >= 15 is 0 Å². The van der Waals surface area contributed by atoms with E-state index in [0.29, 0.717) is 16.5 Å². The first-order chi connectivity index (χ1) is 12.1. The maximum Gasteiger partial charge on any atom is 0.271 e. The maximum absolute atomic E-state index is 12.4. The highest BCUT2D eigenvalue weighted by Gasteiger charge is 2.17. The molecule has 1 fully saturated rings. The standard InChI is InChI=1S/C19H24ClN3O2/c1-14-8-9-16(20)18(12-14)25-13-23-11-10-17(22-23)19(24)21-15-6-4-2-3-5-7-15/h8-12,15H,2-7,13H2,1H3,(H,21,24). The third-order valence-electron chi connectivity index (χ3n) is 4.50. The van der Waals surface area contributed by atoms with Crippen LogP contribution in [0.25, 0.3) is 0 Å². The molecule has 1 aliphatic carbocycles.